The Bertz CT molecular complexity index is 827. The third kappa shape index (κ3) is 2.18. The summed E-state index contributed by atoms with van der Waals surface area (Å²) in [6.45, 7) is 2.02. The van der Waals surface area contributed by atoms with E-state index in [0.29, 0.717) is 16.0 Å². The second-order valence-corrected chi connectivity index (χ2v) is 6.22. The summed E-state index contributed by atoms with van der Waals surface area (Å²) >= 11 is 15.6. The lowest BCUT2D eigenvalue weighted by molar-refractivity contribution is 1.09. The molecule has 2 N–H and O–H groups in total. The molecule has 0 unspecified atom stereocenters. The van der Waals surface area contributed by atoms with E-state index >= 15 is 0 Å². The molecule has 0 saturated heterocycles. The smallest absolute Gasteiger partial charge is 0.205 e. The Hall–Kier alpha value is -1.23. The highest BCUT2D eigenvalue weighted by atomic mass is 79.9. The van der Waals surface area contributed by atoms with Crippen LogP contribution in [0.2, 0.25) is 10.0 Å². The van der Waals surface area contributed by atoms with E-state index in [1.54, 1.807) is 12.1 Å². The molecular formula is C14H10BrCl2N3. The lowest BCUT2D eigenvalue weighted by atomic mass is 10.2. The molecule has 0 saturated carbocycles. The number of nitrogens with two attached hydrogens (primary N) is 1. The lowest BCUT2D eigenvalue weighted by Gasteiger charge is -2.10. The maximum absolute atomic E-state index is 6.10. The van der Waals surface area contributed by atoms with E-state index in [2.05, 4.69) is 20.9 Å². The molecule has 1 heterocycles. The average molecular weight is 371 g/mol. The number of halogens is 3. The second kappa shape index (κ2) is 4.95. The van der Waals surface area contributed by atoms with E-state index in [0.717, 1.165) is 26.8 Å². The van der Waals surface area contributed by atoms with Gasteiger partial charge in [-0.25, -0.2) is 4.98 Å². The number of aryl methyl sites for hydroxylation is 1. The molecule has 0 aliphatic rings. The number of benzene rings is 2. The normalized spacial score (nSPS) is 11.2. The molecule has 6 heteroatoms. The van der Waals surface area contributed by atoms with Gasteiger partial charge in [-0.1, -0.05) is 39.1 Å². The number of hydrogen-bond acceptors (Lipinski definition) is 2. The predicted octanol–water partition coefficient (Wildman–Crippen LogP) is 4.99. The molecule has 0 aliphatic carbocycles. The van der Waals surface area contributed by atoms with E-state index in [1.807, 2.05) is 29.7 Å². The molecule has 0 amide bonds. The maximum atomic E-state index is 6.10. The van der Waals surface area contributed by atoms with Gasteiger partial charge in [0.05, 0.1) is 26.8 Å². The highest BCUT2D eigenvalue weighted by molar-refractivity contribution is 9.10. The fraction of sp³-hybridized carbons (Fsp3) is 0.0714. The van der Waals surface area contributed by atoms with Crippen LogP contribution in [-0.4, -0.2) is 9.55 Å². The second-order valence-electron chi connectivity index (χ2n) is 4.49. The summed E-state index contributed by atoms with van der Waals surface area (Å²) in [7, 11) is 0. The third-order valence-electron chi connectivity index (χ3n) is 3.12. The van der Waals surface area contributed by atoms with E-state index in [9.17, 15) is 0 Å². The quantitative estimate of drug-likeness (QED) is 0.656. The van der Waals surface area contributed by atoms with Crippen LogP contribution in [0.1, 0.15) is 5.56 Å². The standard InChI is InChI=1S/C14H10BrCl2N3/c1-7-4-8(15)2-3-12(7)20-13-6-10(17)9(16)5-11(13)19-14(20)18/h2-6H,1H3,(H2,18,19). The molecule has 1 aromatic heterocycles. The average Bonchev–Trinajstić information content (AvgIpc) is 2.66. The zero-order valence-electron chi connectivity index (χ0n) is 10.5. The maximum Gasteiger partial charge on any atom is 0.205 e. The van der Waals surface area contributed by atoms with Gasteiger partial charge in [0.15, 0.2) is 0 Å². The minimum atomic E-state index is 0.406. The zero-order chi connectivity index (χ0) is 14.4. The van der Waals surface area contributed by atoms with Crippen LogP contribution in [0, 0.1) is 6.92 Å². The number of nitrogen functional groups attached to an aromatic ring is 1. The van der Waals surface area contributed by atoms with Crippen molar-refractivity contribution in [2.24, 2.45) is 0 Å². The van der Waals surface area contributed by atoms with Crippen molar-refractivity contribution in [3.05, 3.63) is 50.4 Å². The number of fused-ring (bicyclic) bond motifs is 1. The largest absolute Gasteiger partial charge is 0.369 e. The molecule has 2 aromatic carbocycles. The molecule has 102 valence electrons. The summed E-state index contributed by atoms with van der Waals surface area (Å²) in [6.07, 6.45) is 0. The summed E-state index contributed by atoms with van der Waals surface area (Å²) in [5.74, 6) is 0.406. The minimum absolute atomic E-state index is 0.406. The van der Waals surface area contributed by atoms with Crippen LogP contribution >= 0.6 is 39.1 Å². The van der Waals surface area contributed by atoms with Crippen molar-refractivity contribution in [3.63, 3.8) is 0 Å². The molecule has 3 aromatic rings. The Morgan fingerprint density at radius 3 is 2.55 bits per heavy atom. The van der Waals surface area contributed by atoms with Gasteiger partial charge < -0.3 is 5.73 Å². The van der Waals surface area contributed by atoms with E-state index in [1.165, 1.54) is 0 Å². The van der Waals surface area contributed by atoms with E-state index in [4.69, 9.17) is 28.9 Å². The first-order chi connectivity index (χ1) is 9.47. The number of nitrogens with zero attached hydrogens (tertiary/aromatic N) is 2. The van der Waals surface area contributed by atoms with Gasteiger partial charge in [-0.2, -0.15) is 0 Å². The van der Waals surface area contributed by atoms with Gasteiger partial charge in [-0.3, -0.25) is 4.57 Å². The molecular weight excluding hydrogens is 361 g/mol. The van der Waals surface area contributed by atoms with Crippen molar-refractivity contribution < 1.29 is 0 Å². The summed E-state index contributed by atoms with van der Waals surface area (Å²) in [5.41, 5.74) is 9.65. The predicted molar refractivity (Wildman–Crippen MR) is 87.9 cm³/mol. The molecule has 20 heavy (non-hydrogen) atoms. The van der Waals surface area contributed by atoms with Gasteiger partial charge in [0.2, 0.25) is 5.95 Å². The third-order valence-corrected chi connectivity index (χ3v) is 4.34. The molecule has 0 aliphatic heterocycles. The van der Waals surface area contributed by atoms with Crippen LogP contribution in [-0.2, 0) is 0 Å². The molecule has 0 radical (unpaired) electrons. The van der Waals surface area contributed by atoms with Crippen molar-refractivity contribution in [1.29, 1.82) is 0 Å². The van der Waals surface area contributed by atoms with Crippen LogP contribution in [0.4, 0.5) is 5.95 Å². The Morgan fingerprint density at radius 1 is 1.15 bits per heavy atom. The summed E-state index contributed by atoms with van der Waals surface area (Å²) in [6, 6.07) is 9.48. The molecule has 0 atom stereocenters. The number of anilines is 1. The molecule has 3 rings (SSSR count). The molecule has 0 spiro atoms. The van der Waals surface area contributed by atoms with Crippen LogP contribution in [0.25, 0.3) is 16.7 Å². The number of aromatic nitrogens is 2. The number of hydrogen-bond donors (Lipinski definition) is 1. The first-order valence-electron chi connectivity index (χ1n) is 5.87. The van der Waals surface area contributed by atoms with Crippen molar-refractivity contribution in [2.75, 3.05) is 5.73 Å². The van der Waals surface area contributed by atoms with Crippen molar-refractivity contribution in [1.82, 2.24) is 9.55 Å². The van der Waals surface area contributed by atoms with Crippen LogP contribution in [0.15, 0.2) is 34.8 Å². The first-order valence-corrected chi connectivity index (χ1v) is 7.42. The summed E-state index contributed by atoms with van der Waals surface area (Å²) in [4.78, 5) is 4.34. The van der Waals surface area contributed by atoms with Crippen LogP contribution in [0.5, 0.6) is 0 Å². The summed E-state index contributed by atoms with van der Waals surface area (Å²) in [5, 5.41) is 0.950. The Morgan fingerprint density at radius 2 is 1.85 bits per heavy atom. The Balaban J connectivity index is 2.35. The zero-order valence-corrected chi connectivity index (χ0v) is 13.6. The van der Waals surface area contributed by atoms with Gasteiger partial charge in [0.1, 0.15) is 0 Å². The first kappa shape index (κ1) is 13.7. The highest BCUT2D eigenvalue weighted by Gasteiger charge is 2.14. The van der Waals surface area contributed by atoms with Crippen molar-refractivity contribution in [3.8, 4) is 5.69 Å². The Kier molecular flexibility index (Phi) is 3.40. The lowest BCUT2D eigenvalue weighted by Crippen LogP contribution is -2.02. The number of imidazole rings is 1. The fourth-order valence-corrected chi connectivity index (χ4v) is 3.01. The topological polar surface area (TPSA) is 43.8 Å². The van der Waals surface area contributed by atoms with Crippen molar-refractivity contribution >= 4 is 56.1 Å². The van der Waals surface area contributed by atoms with Gasteiger partial charge in [0, 0.05) is 4.47 Å². The van der Waals surface area contributed by atoms with Gasteiger partial charge in [0.25, 0.3) is 0 Å². The molecule has 0 fully saturated rings. The van der Waals surface area contributed by atoms with E-state index in [-0.39, 0.29) is 0 Å². The van der Waals surface area contributed by atoms with Gasteiger partial charge >= 0.3 is 0 Å². The van der Waals surface area contributed by atoms with Crippen LogP contribution in [0.3, 0.4) is 0 Å². The number of rotatable bonds is 1. The highest BCUT2D eigenvalue weighted by Crippen LogP contribution is 2.32. The van der Waals surface area contributed by atoms with Gasteiger partial charge in [-0.15, -0.1) is 0 Å². The monoisotopic (exact) mass is 369 g/mol. The molecule has 3 nitrogen and oxygen atoms in total. The fourth-order valence-electron chi connectivity index (χ4n) is 2.21. The summed E-state index contributed by atoms with van der Waals surface area (Å²) < 4.78 is 2.89. The molecule has 0 bridgehead atoms. The minimum Gasteiger partial charge on any atom is -0.369 e. The SMILES string of the molecule is Cc1cc(Br)ccc1-n1c(N)nc2cc(Cl)c(Cl)cc21. The Labute approximate surface area is 134 Å². The van der Waals surface area contributed by atoms with Crippen molar-refractivity contribution in [2.45, 2.75) is 6.92 Å². The van der Waals surface area contributed by atoms with Crippen LogP contribution < -0.4 is 5.73 Å². The van der Waals surface area contributed by atoms with Gasteiger partial charge in [-0.05, 0) is 42.8 Å². The van der Waals surface area contributed by atoms with E-state index < -0.39 is 0 Å².